The molecule has 0 radical (unpaired) electrons. The maximum atomic E-state index is 12.5. The second-order valence-corrected chi connectivity index (χ2v) is 6.04. The monoisotopic (exact) mass is 348 g/mol. The molecule has 124 valence electrons. The first kappa shape index (κ1) is 16.3. The lowest BCUT2D eigenvalue weighted by Gasteiger charge is -2.16. The molecule has 0 spiro atoms. The van der Waals surface area contributed by atoms with Crippen molar-refractivity contribution in [3.05, 3.63) is 59.1 Å². The Balaban J connectivity index is 1.78. The number of ether oxygens (including phenoxy) is 1. The van der Waals surface area contributed by atoms with E-state index in [0.717, 1.165) is 15.8 Å². The molecule has 3 aromatic rings. The van der Waals surface area contributed by atoms with Gasteiger partial charge in [-0.1, -0.05) is 18.2 Å². The van der Waals surface area contributed by atoms with Crippen LogP contribution in [0, 0.1) is 0 Å². The molecule has 1 N–H and O–H groups in total. The number of hydrogen-bond donors (Lipinski definition) is 1. The molecule has 0 bridgehead atoms. The number of para-hydroxylation sites is 1. The lowest BCUT2D eigenvalue weighted by Crippen LogP contribution is -2.27. The first-order valence-electron chi connectivity index (χ1n) is 7.22. The summed E-state index contributed by atoms with van der Waals surface area (Å²) in [7, 11) is 0. The molecule has 1 aromatic heterocycles. The summed E-state index contributed by atoms with van der Waals surface area (Å²) in [5.74, 6) is -0.613. The summed E-state index contributed by atoms with van der Waals surface area (Å²) in [5.41, 5.74) is 3.64. The molecule has 1 heterocycles. The van der Waals surface area contributed by atoms with Gasteiger partial charge in [0, 0.05) is 0 Å². The molecular formula is C17H14F2N2O2S. The minimum atomic E-state index is -2.98. The molecule has 0 aliphatic heterocycles. The normalized spacial score (nSPS) is 12.3. The van der Waals surface area contributed by atoms with Crippen molar-refractivity contribution in [2.45, 2.75) is 19.6 Å². The number of benzene rings is 2. The number of thiazole rings is 1. The zero-order valence-corrected chi connectivity index (χ0v) is 13.5. The van der Waals surface area contributed by atoms with Crippen LogP contribution in [0.25, 0.3) is 10.2 Å². The van der Waals surface area contributed by atoms with Crippen molar-refractivity contribution >= 4 is 27.5 Å². The lowest BCUT2D eigenvalue weighted by molar-refractivity contribution is -0.0501. The highest BCUT2D eigenvalue weighted by molar-refractivity contribution is 7.16. The second-order valence-electron chi connectivity index (χ2n) is 5.15. The van der Waals surface area contributed by atoms with Crippen LogP contribution in [0.1, 0.15) is 28.9 Å². The zero-order valence-electron chi connectivity index (χ0n) is 12.7. The van der Waals surface area contributed by atoms with Crippen LogP contribution >= 0.6 is 11.3 Å². The van der Waals surface area contributed by atoms with Gasteiger partial charge in [-0.15, -0.1) is 11.3 Å². The number of carbonyl (C=O) groups excluding carboxylic acids is 1. The van der Waals surface area contributed by atoms with Gasteiger partial charge in [0.1, 0.15) is 5.75 Å². The van der Waals surface area contributed by atoms with Gasteiger partial charge in [0.25, 0.3) is 5.91 Å². The predicted molar refractivity (Wildman–Crippen MR) is 88.6 cm³/mol. The summed E-state index contributed by atoms with van der Waals surface area (Å²) < 4.78 is 30.3. The van der Waals surface area contributed by atoms with Crippen LogP contribution in [-0.2, 0) is 0 Å². The minimum Gasteiger partial charge on any atom is -0.434 e. The number of amides is 1. The molecule has 0 unspecified atom stereocenters. The van der Waals surface area contributed by atoms with E-state index in [0.29, 0.717) is 0 Å². The average molecular weight is 348 g/mol. The van der Waals surface area contributed by atoms with Crippen molar-refractivity contribution in [3.63, 3.8) is 0 Å². The van der Waals surface area contributed by atoms with Crippen molar-refractivity contribution in [3.8, 4) is 5.75 Å². The molecule has 0 saturated heterocycles. The fourth-order valence-corrected chi connectivity index (χ4v) is 3.08. The number of fused-ring (bicyclic) bond motifs is 1. The maximum absolute atomic E-state index is 12.5. The van der Waals surface area contributed by atoms with Gasteiger partial charge in [-0.2, -0.15) is 8.78 Å². The van der Waals surface area contributed by atoms with Crippen LogP contribution in [0.2, 0.25) is 0 Å². The summed E-state index contributed by atoms with van der Waals surface area (Å²) in [5, 5.41) is 2.80. The molecule has 7 heteroatoms. The van der Waals surface area contributed by atoms with Crippen molar-refractivity contribution < 1.29 is 18.3 Å². The highest BCUT2D eigenvalue weighted by Crippen LogP contribution is 2.24. The Morgan fingerprint density at radius 3 is 2.83 bits per heavy atom. The van der Waals surface area contributed by atoms with E-state index in [4.69, 9.17) is 0 Å². The predicted octanol–water partition coefficient (Wildman–Crippen LogP) is 4.39. The first-order chi connectivity index (χ1) is 11.5. The fourth-order valence-electron chi connectivity index (χ4n) is 2.35. The molecule has 1 atom stereocenters. The summed E-state index contributed by atoms with van der Waals surface area (Å²) in [4.78, 5) is 16.6. The fraction of sp³-hybridized carbons (Fsp3) is 0.176. The molecule has 4 nitrogen and oxygen atoms in total. The minimum absolute atomic E-state index is 0.0727. The molecule has 0 fully saturated rings. The van der Waals surface area contributed by atoms with Gasteiger partial charge in [0.05, 0.1) is 27.3 Å². The molecule has 0 aliphatic carbocycles. The molecule has 0 saturated carbocycles. The van der Waals surface area contributed by atoms with E-state index in [1.54, 1.807) is 11.6 Å². The Morgan fingerprint density at radius 1 is 1.25 bits per heavy atom. The standard InChI is InChI=1S/C17H14F2N2O2S/c1-10(11-6-7-13-15(8-11)24-9-20-13)21-16(22)12-4-2-3-5-14(12)23-17(18)19/h2-10,17H,1H3,(H,21,22)/t10-/m1/s1. The quantitative estimate of drug-likeness (QED) is 0.744. The average Bonchev–Trinajstić information content (AvgIpc) is 3.02. The highest BCUT2D eigenvalue weighted by Gasteiger charge is 2.17. The van der Waals surface area contributed by atoms with Gasteiger partial charge in [-0.25, -0.2) is 4.98 Å². The van der Waals surface area contributed by atoms with Crippen molar-refractivity contribution in [1.82, 2.24) is 10.3 Å². The van der Waals surface area contributed by atoms with Gasteiger partial charge in [0.2, 0.25) is 0 Å². The van der Waals surface area contributed by atoms with Crippen molar-refractivity contribution in [2.75, 3.05) is 0 Å². The Kier molecular flexibility index (Phi) is 4.71. The molecular weight excluding hydrogens is 334 g/mol. The van der Waals surface area contributed by atoms with Crippen molar-refractivity contribution in [2.24, 2.45) is 0 Å². The molecule has 2 aromatic carbocycles. The Bertz CT molecular complexity index is 866. The number of hydrogen-bond acceptors (Lipinski definition) is 4. The molecule has 24 heavy (non-hydrogen) atoms. The van der Waals surface area contributed by atoms with Crippen LogP contribution in [-0.4, -0.2) is 17.5 Å². The maximum Gasteiger partial charge on any atom is 0.387 e. The van der Waals surface area contributed by atoms with E-state index in [9.17, 15) is 13.6 Å². The summed E-state index contributed by atoms with van der Waals surface area (Å²) in [6, 6.07) is 11.4. The van der Waals surface area contributed by atoms with Gasteiger partial charge in [-0.05, 0) is 36.8 Å². The SMILES string of the molecule is C[C@@H](NC(=O)c1ccccc1OC(F)F)c1ccc2ncsc2c1. The van der Waals surface area contributed by atoms with E-state index in [2.05, 4.69) is 15.0 Å². The topological polar surface area (TPSA) is 51.2 Å². The smallest absolute Gasteiger partial charge is 0.387 e. The van der Waals surface area contributed by atoms with E-state index in [-0.39, 0.29) is 17.4 Å². The Hall–Kier alpha value is -2.54. The number of rotatable bonds is 5. The molecule has 0 aliphatic rings. The number of nitrogens with one attached hydrogen (secondary N) is 1. The van der Waals surface area contributed by atoms with E-state index < -0.39 is 12.5 Å². The van der Waals surface area contributed by atoms with E-state index >= 15 is 0 Å². The summed E-state index contributed by atoms with van der Waals surface area (Å²) in [6.07, 6.45) is 0. The third-order valence-electron chi connectivity index (χ3n) is 3.55. The number of nitrogens with zero attached hydrogens (tertiary/aromatic N) is 1. The van der Waals surface area contributed by atoms with E-state index in [1.165, 1.54) is 29.5 Å². The molecule has 3 rings (SSSR count). The van der Waals surface area contributed by atoms with Crippen LogP contribution in [0.15, 0.2) is 48.0 Å². The Labute approximate surface area is 141 Å². The highest BCUT2D eigenvalue weighted by atomic mass is 32.1. The van der Waals surface area contributed by atoms with Crippen LogP contribution in [0.3, 0.4) is 0 Å². The van der Waals surface area contributed by atoms with Crippen molar-refractivity contribution in [1.29, 1.82) is 0 Å². The number of alkyl halides is 2. The molecule has 1 amide bonds. The van der Waals surface area contributed by atoms with Crippen LogP contribution in [0.5, 0.6) is 5.75 Å². The summed E-state index contributed by atoms with van der Waals surface area (Å²) >= 11 is 1.52. The van der Waals surface area contributed by atoms with Crippen LogP contribution < -0.4 is 10.1 Å². The number of carbonyl (C=O) groups is 1. The third kappa shape index (κ3) is 3.51. The zero-order chi connectivity index (χ0) is 17.1. The van der Waals surface area contributed by atoms with Gasteiger partial charge >= 0.3 is 6.61 Å². The van der Waals surface area contributed by atoms with Gasteiger partial charge in [0.15, 0.2) is 0 Å². The number of aromatic nitrogens is 1. The lowest BCUT2D eigenvalue weighted by atomic mass is 10.1. The van der Waals surface area contributed by atoms with Gasteiger partial charge < -0.3 is 10.1 Å². The second kappa shape index (κ2) is 6.92. The largest absolute Gasteiger partial charge is 0.434 e. The van der Waals surface area contributed by atoms with E-state index in [1.807, 2.05) is 25.1 Å². The third-order valence-corrected chi connectivity index (χ3v) is 4.34. The summed E-state index contributed by atoms with van der Waals surface area (Å²) in [6.45, 7) is -1.15. The number of halogens is 2. The van der Waals surface area contributed by atoms with Crippen LogP contribution in [0.4, 0.5) is 8.78 Å². The Morgan fingerprint density at radius 2 is 2.04 bits per heavy atom. The first-order valence-corrected chi connectivity index (χ1v) is 8.10. The van der Waals surface area contributed by atoms with Gasteiger partial charge in [-0.3, -0.25) is 4.79 Å².